The lowest BCUT2D eigenvalue weighted by atomic mass is 10.0. The maximum Gasteiger partial charge on any atom is 0.243 e. The van der Waals surface area contributed by atoms with E-state index >= 15 is 0 Å². The normalized spacial score (nSPS) is 11.6. The molecule has 0 fully saturated rings. The molecule has 0 aromatic heterocycles. The minimum atomic E-state index is -0.613. The SMILES string of the molecule is CCCCNC(=O)[C@@H](Cc1ccccc1)N(Cc1cccc(Cl)c1)C(=O)CCc1ccc(CC)cc1. The summed E-state index contributed by atoms with van der Waals surface area (Å²) >= 11 is 6.25. The van der Waals surface area contributed by atoms with Gasteiger partial charge in [-0.3, -0.25) is 9.59 Å². The van der Waals surface area contributed by atoms with Crippen LogP contribution in [0.3, 0.4) is 0 Å². The van der Waals surface area contributed by atoms with Crippen molar-refractivity contribution in [2.75, 3.05) is 6.54 Å². The van der Waals surface area contributed by atoms with E-state index in [1.165, 1.54) is 5.56 Å². The number of carbonyl (C=O) groups is 2. The first-order chi connectivity index (χ1) is 17.5. The molecule has 0 spiro atoms. The highest BCUT2D eigenvalue weighted by Gasteiger charge is 2.30. The van der Waals surface area contributed by atoms with Crippen molar-refractivity contribution in [1.82, 2.24) is 10.2 Å². The predicted octanol–water partition coefficient (Wildman–Crippen LogP) is 6.39. The summed E-state index contributed by atoms with van der Waals surface area (Å²) in [6.45, 7) is 5.15. The molecule has 1 atom stereocenters. The summed E-state index contributed by atoms with van der Waals surface area (Å²) in [5, 5.41) is 3.68. The Morgan fingerprint density at radius 1 is 0.861 bits per heavy atom. The van der Waals surface area contributed by atoms with E-state index in [-0.39, 0.29) is 11.8 Å². The van der Waals surface area contributed by atoms with Crippen LogP contribution in [0.15, 0.2) is 78.9 Å². The highest BCUT2D eigenvalue weighted by molar-refractivity contribution is 6.30. The fourth-order valence-electron chi connectivity index (χ4n) is 4.23. The monoisotopic (exact) mass is 504 g/mol. The largest absolute Gasteiger partial charge is 0.354 e. The first-order valence-corrected chi connectivity index (χ1v) is 13.3. The molecule has 3 aromatic rings. The fourth-order valence-corrected chi connectivity index (χ4v) is 4.44. The summed E-state index contributed by atoms with van der Waals surface area (Å²) in [7, 11) is 0. The van der Waals surface area contributed by atoms with E-state index in [0.717, 1.165) is 36.0 Å². The van der Waals surface area contributed by atoms with Crippen molar-refractivity contribution in [2.45, 2.75) is 65.0 Å². The highest BCUT2D eigenvalue weighted by atomic mass is 35.5. The second-order valence-electron chi connectivity index (χ2n) is 9.17. The molecule has 3 rings (SSSR count). The van der Waals surface area contributed by atoms with Crippen molar-refractivity contribution >= 4 is 23.4 Å². The molecule has 36 heavy (non-hydrogen) atoms. The molecule has 0 aliphatic heterocycles. The molecule has 0 saturated heterocycles. The Labute approximate surface area is 220 Å². The third-order valence-corrected chi connectivity index (χ3v) is 6.64. The van der Waals surface area contributed by atoms with Gasteiger partial charge in [0, 0.05) is 31.0 Å². The van der Waals surface area contributed by atoms with Gasteiger partial charge in [0.05, 0.1) is 0 Å². The van der Waals surface area contributed by atoms with Gasteiger partial charge in [0.2, 0.25) is 11.8 Å². The van der Waals surface area contributed by atoms with E-state index in [0.29, 0.717) is 37.4 Å². The molecule has 1 N–H and O–H groups in total. The van der Waals surface area contributed by atoms with Crippen molar-refractivity contribution in [3.8, 4) is 0 Å². The molecule has 0 saturated carbocycles. The number of nitrogens with zero attached hydrogens (tertiary/aromatic N) is 1. The number of amides is 2. The Kier molecular flexibility index (Phi) is 11.0. The average molecular weight is 505 g/mol. The van der Waals surface area contributed by atoms with E-state index in [1.807, 2.05) is 54.6 Å². The lowest BCUT2D eigenvalue weighted by Crippen LogP contribution is -2.50. The number of benzene rings is 3. The van der Waals surface area contributed by atoms with Crippen molar-refractivity contribution in [2.24, 2.45) is 0 Å². The fraction of sp³-hybridized carbons (Fsp3) is 0.355. The topological polar surface area (TPSA) is 49.4 Å². The van der Waals surface area contributed by atoms with Crippen LogP contribution < -0.4 is 5.32 Å². The summed E-state index contributed by atoms with van der Waals surface area (Å²) in [4.78, 5) is 28.9. The molecular formula is C31H37ClN2O2. The smallest absolute Gasteiger partial charge is 0.243 e. The number of aryl methyl sites for hydroxylation is 2. The number of rotatable bonds is 13. The minimum absolute atomic E-state index is 0.0406. The molecule has 0 radical (unpaired) electrons. The Bertz CT molecular complexity index is 1100. The van der Waals surface area contributed by atoms with Crippen molar-refractivity contribution < 1.29 is 9.59 Å². The van der Waals surface area contributed by atoms with Crippen LogP contribution in [0.1, 0.15) is 55.4 Å². The third kappa shape index (κ3) is 8.53. The van der Waals surface area contributed by atoms with Crippen molar-refractivity contribution in [1.29, 1.82) is 0 Å². The Hall–Kier alpha value is -3.11. The van der Waals surface area contributed by atoms with Gasteiger partial charge < -0.3 is 10.2 Å². The van der Waals surface area contributed by atoms with Crippen molar-refractivity contribution in [3.63, 3.8) is 0 Å². The van der Waals surface area contributed by atoms with Gasteiger partial charge in [-0.05, 0) is 53.6 Å². The molecular weight excluding hydrogens is 468 g/mol. The molecule has 0 heterocycles. The molecule has 2 amide bonds. The van der Waals surface area contributed by atoms with Gasteiger partial charge in [0.25, 0.3) is 0 Å². The zero-order chi connectivity index (χ0) is 25.8. The first kappa shape index (κ1) is 27.5. The average Bonchev–Trinajstić information content (AvgIpc) is 2.90. The Balaban J connectivity index is 1.86. The van der Waals surface area contributed by atoms with E-state index < -0.39 is 6.04 Å². The number of hydrogen-bond acceptors (Lipinski definition) is 2. The van der Waals surface area contributed by atoms with Crippen LogP contribution in [0.25, 0.3) is 0 Å². The number of halogens is 1. The van der Waals surface area contributed by atoms with Gasteiger partial charge in [-0.15, -0.1) is 0 Å². The molecule has 3 aromatic carbocycles. The van der Waals surface area contributed by atoms with Gasteiger partial charge in [-0.1, -0.05) is 98.6 Å². The second kappa shape index (κ2) is 14.4. The van der Waals surface area contributed by atoms with E-state index in [9.17, 15) is 9.59 Å². The van der Waals surface area contributed by atoms with Gasteiger partial charge in [0.1, 0.15) is 6.04 Å². The highest BCUT2D eigenvalue weighted by Crippen LogP contribution is 2.19. The van der Waals surface area contributed by atoms with Crippen LogP contribution >= 0.6 is 11.6 Å². The van der Waals surface area contributed by atoms with Gasteiger partial charge in [0.15, 0.2) is 0 Å². The van der Waals surface area contributed by atoms with Crippen LogP contribution in [-0.4, -0.2) is 29.3 Å². The summed E-state index contributed by atoms with van der Waals surface area (Å²) in [6, 6.07) is 25.2. The minimum Gasteiger partial charge on any atom is -0.354 e. The standard InChI is InChI=1S/C31H37ClN2O2/c1-3-5-20-33-31(36)29(22-26-10-7-6-8-11-26)34(23-27-12-9-13-28(32)21-27)30(35)19-18-25-16-14-24(4-2)15-17-25/h6-17,21,29H,3-5,18-20,22-23H2,1-2H3,(H,33,36)/t29-/m1/s1. The lowest BCUT2D eigenvalue weighted by Gasteiger charge is -2.32. The summed E-state index contributed by atoms with van der Waals surface area (Å²) in [5.41, 5.74) is 4.32. The van der Waals surface area contributed by atoms with E-state index in [4.69, 9.17) is 11.6 Å². The third-order valence-electron chi connectivity index (χ3n) is 6.40. The molecule has 0 aliphatic carbocycles. The maximum absolute atomic E-state index is 13.7. The Morgan fingerprint density at radius 3 is 2.22 bits per heavy atom. The quantitative estimate of drug-likeness (QED) is 0.274. The number of unbranched alkanes of at least 4 members (excludes halogenated alkanes) is 1. The van der Waals surface area contributed by atoms with Crippen molar-refractivity contribution in [3.05, 3.63) is 106 Å². The predicted molar refractivity (Wildman–Crippen MR) is 148 cm³/mol. The lowest BCUT2D eigenvalue weighted by molar-refractivity contribution is -0.141. The maximum atomic E-state index is 13.7. The van der Waals surface area contributed by atoms with E-state index in [1.54, 1.807) is 4.90 Å². The zero-order valence-corrected chi connectivity index (χ0v) is 22.1. The molecule has 0 aliphatic rings. The summed E-state index contributed by atoms with van der Waals surface area (Å²) in [5.74, 6) is -0.156. The molecule has 0 unspecified atom stereocenters. The number of nitrogens with one attached hydrogen (secondary N) is 1. The van der Waals surface area contributed by atoms with E-state index in [2.05, 4.69) is 43.4 Å². The van der Waals surface area contributed by atoms with Crippen LogP contribution in [-0.2, 0) is 35.4 Å². The molecule has 190 valence electrons. The number of hydrogen-bond donors (Lipinski definition) is 1. The van der Waals surface area contributed by atoms with Crippen LogP contribution in [0.5, 0.6) is 0 Å². The van der Waals surface area contributed by atoms with Gasteiger partial charge in [-0.2, -0.15) is 0 Å². The molecule has 0 bridgehead atoms. The van der Waals surface area contributed by atoms with Crippen LogP contribution in [0.2, 0.25) is 5.02 Å². The molecule has 4 nitrogen and oxygen atoms in total. The first-order valence-electron chi connectivity index (χ1n) is 12.9. The summed E-state index contributed by atoms with van der Waals surface area (Å²) < 4.78 is 0. The number of carbonyl (C=O) groups excluding carboxylic acids is 2. The van der Waals surface area contributed by atoms with Crippen LogP contribution in [0, 0.1) is 0 Å². The van der Waals surface area contributed by atoms with Gasteiger partial charge in [-0.25, -0.2) is 0 Å². The second-order valence-corrected chi connectivity index (χ2v) is 9.61. The Morgan fingerprint density at radius 2 is 1.56 bits per heavy atom. The van der Waals surface area contributed by atoms with Gasteiger partial charge >= 0.3 is 0 Å². The summed E-state index contributed by atoms with van der Waals surface area (Å²) in [6.07, 6.45) is 4.30. The zero-order valence-electron chi connectivity index (χ0n) is 21.4. The molecule has 5 heteroatoms. The van der Waals surface area contributed by atoms with Crippen LogP contribution in [0.4, 0.5) is 0 Å².